The van der Waals surface area contributed by atoms with E-state index in [1.54, 1.807) is 10.7 Å². The molecule has 3 fully saturated rings. The van der Waals surface area contributed by atoms with Gasteiger partial charge in [0.15, 0.2) is 0 Å². The smallest absolute Gasteiger partial charge is 0.342 e. The highest BCUT2D eigenvalue weighted by Gasteiger charge is 2.42. The Bertz CT molecular complexity index is 1200. The largest absolute Gasteiger partial charge is 0.416 e. The van der Waals surface area contributed by atoms with Crippen LogP contribution in [0.25, 0.3) is 0 Å². The number of rotatable bonds is 5. The van der Waals surface area contributed by atoms with Crippen LogP contribution in [-0.4, -0.2) is 57.2 Å². The SMILES string of the molecule is O=C(CC(F)(F)F)N1CCC(n2ncc(C(=O)N3CCCC3c3ccccc3C(F)(F)F)c2C2CC2)CC1. The van der Waals surface area contributed by atoms with E-state index < -0.39 is 36.3 Å². The number of amides is 2. The van der Waals surface area contributed by atoms with E-state index in [2.05, 4.69) is 5.10 Å². The number of carbonyl (C=O) groups excluding carboxylic acids is 2. The molecule has 0 spiro atoms. The van der Waals surface area contributed by atoms with Crippen LogP contribution in [0.1, 0.15) is 90.1 Å². The number of nitrogens with zero attached hydrogens (tertiary/aromatic N) is 4. The standard InChI is InChI=1S/C26H28F6N4O2/c27-25(28,29)14-22(37)34-12-9-17(10-13-34)36-23(16-7-8-16)19(15-33-36)24(38)35-11-3-6-21(35)18-4-1-2-5-20(18)26(30,31)32/h1-2,4-5,15-17,21H,3,6-14H2. The van der Waals surface area contributed by atoms with Crippen molar-refractivity contribution in [1.29, 1.82) is 0 Å². The van der Waals surface area contributed by atoms with Gasteiger partial charge in [-0.2, -0.15) is 31.4 Å². The van der Waals surface area contributed by atoms with Crippen LogP contribution in [0.15, 0.2) is 30.5 Å². The van der Waals surface area contributed by atoms with Gasteiger partial charge in [-0.1, -0.05) is 18.2 Å². The molecule has 1 aliphatic carbocycles. The van der Waals surface area contributed by atoms with Gasteiger partial charge in [0, 0.05) is 25.6 Å². The van der Waals surface area contributed by atoms with Crippen molar-refractivity contribution in [3.63, 3.8) is 0 Å². The van der Waals surface area contributed by atoms with E-state index >= 15 is 0 Å². The molecule has 2 aromatic rings. The molecule has 3 heterocycles. The Balaban J connectivity index is 1.36. The second kappa shape index (κ2) is 9.92. The molecule has 1 aromatic heterocycles. The molecule has 1 saturated carbocycles. The van der Waals surface area contributed by atoms with E-state index in [0.717, 1.165) is 24.6 Å². The monoisotopic (exact) mass is 542 g/mol. The van der Waals surface area contributed by atoms with Gasteiger partial charge in [0.2, 0.25) is 5.91 Å². The van der Waals surface area contributed by atoms with Crippen LogP contribution >= 0.6 is 0 Å². The molecule has 2 saturated heterocycles. The minimum Gasteiger partial charge on any atom is -0.342 e. The van der Waals surface area contributed by atoms with Crippen LogP contribution in [0.4, 0.5) is 26.3 Å². The summed E-state index contributed by atoms with van der Waals surface area (Å²) in [6, 6.07) is 4.48. The van der Waals surface area contributed by atoms with Gasteiger partial charge in [0.1, 0.15) is 6.42 Å². The topological polar surface area (TPSA) is 58.4 Å². The molecular weight excluding hydrogens is 514 g/mol. The number of likely N-dealkylation sites (tertiary alicyclic amines) is 2. The highest BCUT2D eigenvalue weighted by Crippen LogP contribution is 2.45. The van der Waals surface area contributed by atoms with Crippen molar-refractivity contribution >= 4 is 11.8 Å². The van der Waals surface area contributed by atoms with E-state index in [0.29, 0.717) is 37.8 Å². The molecule has 1 unspecified atom stereocenters. The van der Waals surface area contributed by atoms with Gasteiger partial charge >= 0.3 is 12.4 Å². The lowest BCUT2D eigenvalue weighted by atomic mass is 9.97. The summed E-state index contributed by atoms with van der Waals surface area (Å²) in [5.74, 6) is -1.20. The van der Waals surface area contributed by atoms with E-state index in [9.17, 15) is 35.9 Å². The molecule has 6 nitrogen and oxygen atoms in total. The maximum Gasteiger partial charge on any atom is 0.416 e. The fourth-order valence-corrected chi connectivity index (χ4v) is 5.77. The van der Waals surface area contributed by atoms with Gasteiger partial charge in [-0.25, -0.2) is 0 Å². The van der Waals surface area contributed by atoms with Crippen molar-refractivity contribution in [3.8, 4) is 0 Å². The second-order valence-electron chi connectivity index (χ2n) is 10.3. The number of aromatic nitrogens is 2. The number of piperidine rings is 1. The predicted molar refractivity (Wildman–Crippen MR) is 124 cm³/mol. The molecule has 3 aliphatic rings. The normalized spacial score (nSPS) is 21.3. The Morgan fingerprint density at radius 3 is 2.24 bits per heavy atom. The molecule has 2 amide bonds. The zero-order valence-electron chi connectivity index (χ0n) is 20.6. The molecule has 0 radical (unpaired) electrons. The lowest BCUT2D eigenvalue weighted by Gasteiger charge is -2.33. The van der Waals surface area contributed by atoms with E-state index in [1.165, 1.54) is 28.1 Å². The highest BCUT2D eigenvalue weighted by molar-refractivity contribution is 5.96. The average molecular weight is 543 g/mol. The summed E-state index contributed by atoms with van der Waals surface area (Å²) in [6.45, 7) is 0.662. The Morgan fingerprint density at radius 2 is 1.61 bits per heavy atom. The first-order valence-electron chi connectivity index (χ1n) is 12.8. The molecule has 5 rings (SSSR count). The minimum atomic E-state index is -4.56. The van der Waals surface area contributed by atoms with Gasteiger partial charge in [-0.05, 0) is 50.2 Å². The van der Waals surface area contributed by atoms with Gasteiger partial charge in [0.05, 0.1) is 35.1 Å². The zero-order chi connectivity index (χ0) is 27.2. The van der Waals surface area contributed by atoms with Crippen LogP contribution in [0.2, 0.25) is 0 Å². The van der Waals surface area contributed by atoms with Crippen molar-refractivity contribution in [2.75, 3.05) is 19.6 Å². The molecule has 0 bridgehead atoms. The van der Waals surface area contributed by atoms with E-state index in [4.69, 9.17) is 0 Å². The van der Waals surface area contributed by atoms with Crippen LogP contribution in [0.5, 0.6) is 0 Å². The van der Waals surface area contributed by atoms with Gasteiger partial charge < -0.3 is 9.80 Å². The summed E-state index contributed by atoms with van der Waals surface area (Å²) in [5.41, 5.74) is 0.459. The van der Waals surface area contributed by atoms with Crippen LogP contribution in [-0.2, 0) is 11.0 Å². The fourth-order valence-electron chi connectivity index (χ4n) is 5.77. The third kappa shape index (κ3) is 5.40. The number of alkyl halides is 6. The second-order valence-corrected chi connectivity index (χ2v) is 10.3. The molecule has 12 heteroatoms. The number of carbonyl (C=O) groups is 2. The van der Waals surface area contributed by atoms with Crippen molar-refractivity contribution < 1.29 is 35.9 Å². The highest BCUT2D eigenvalue weighted by atomic mass is 19.4. The third-order valence-corrected chi connectivity index (χ3v) is 7.68. The molecule has 206 valence electrons. The van der Waals surface area contributed by atoms with Crippen molar-refractivity contribution in [2.45, 2.75) is 75.3 Å². The number of benzene rings is 1. The Labute approximate surface area is 215 Å². The van der Waals surface area contributed by atoms with Crippen LogP contribution < -0.4 is 0 Å². The van der Waals surface area contributed by atoms with Crippen LogP contribution in [0.3, 0.4) is 0 Å². The van der Waals surface area contributed by atoms with Crippen molar-refractivity contribution in [3.05, 3.63) is 52.8 Å². The molecule has 0 N–H and O–H groups in total. The molecule has 1 atom stereocenters. The summed E-state index contributed by atoms with van der Waals surface area (Å²) in [6.07, 6.45) is -5.57. The summed E-state index contributed by atoms with van der Waals surface area (Å²) in [5, 5.41) is 4.48. The van der Waals surface area contributed by atoms with Gasteiger partial charge in [-0.3, -0.25) is 14.3 Å². The Kier molecular flexibility index (Phi) is 6.93. The molecular formula is C26H28F6N4O2. The van der Waals surface area contributed by atoms with E-state index in [1.807, 2.05) is 0 Å². The maximum atomic E-state index is 13.7. The first-order valence-corrected chi connectivity index (χ1v) is 12.8. The summed E-state index contributed by atoms with van der Waals surface area (Å²) >= 11 is 0. The minimum absolute atomic E-state index is 0.0853. The summed E-state index contributed by atoms with van der Waals surface area (Å²) in [7, 11) is 0. The van der Waals surface area contributed by atoms with Crippen LogP contribution in [0, 0.1) is 0 Å². The zero-order valence-corrected chi connectivity index (χ0v) is 20.6. The summed E-state index contributed by atoms with van der Waals surface area (Å²) in [4.78, 5) is 28.4. The lowest BCUT2D eigenvalue weighted by Crippen LogP contribution is -2.41. The molecule has 2 aliphatic heterocycles. The average Bonchev–Trinajstić information content (AvgIpc) is 3.40. The van der Waals surface area contributed by atoms with E-state index in [-0.39, 0.29) is 36.5 Å². The maximum absolute atomic E-state index is 13.7. The Hall–Kier alpha value is -3.05. The predicted octanol–water partition coefficient (Wildman–Crippen LogP) is 5.87. The summed E-state index contributed by atoms with van der Waals surface area (Å²) < 4.78 is 80.7. The number of halogens is 6. The van der Waals surface area contributed by atoms with Crippen molar-refractivity contribution in [1.82, 2.24) is 19.6 Å². The third-order valence-electron chi connectivity index (χ3n) is 7.68. The Morgan fingerprint density at radius 1 is 0.921 bits per heavy atom. The number of hydrogen-bond acceptors (Lipinski definition) is 3. The first kappa shape index (κ1) is 26.6. The van der Waals surface area contributed by atoms with Crippen molar-refractivity contribution in [2.24, 2.45) is 0 Å². The lowest BCUT2D eigenvalue weighted by molar-refractivity contribution is -0.162. The number of hydrogen-bond donors (Lipinski definition) is 0. The molecule has 38 heavy (non-hydrogen) atoms. The first-order chi connectivity index (χ1) is 17.9. The molecule has 1 aromatic carbocycles. The fraction of sp³-hybridized carbons (Fsp3) is 0.577. The van der Waals surface area contributed by atoms with Gasteiger partial charge in [-0.15, -0.1) is 0 Å². The van der Waals surface area contributed by atoms with Gasteiger partial charge in [0.25, 0.3) is 5.91 Å². The quantitative estimate of drug-likeness (QED) is 0.444.